The van der Waals surface area contributed by atoms with Crippen molar-refractivity contribution in [3.8, 4) is 0 Å². The molecule has 7 unspecified atom stereocenters. The molecule has 4 aliphatic rings. The molecular formula is C20H32O6. The first-order valence-electron chi connectivity index (χ1n) is 10.4. The van der Waals surface area contributed by atoms with E-state index in [1.807, 2.05) is 0 Å². The average Bonchev–Trinajstić information content (AvgIpc) is 3.55. The molecule has 148 valence electrons. The molecule has 0 amide bonds. The van der Waals surface area contributed by atoms with E-state index in [9.17, 15) is 9.90 Å². The summed E-state index contributed by atoms with van der Waals surface area (Å²) < 4.78 is 22.0. The fourth-order valence-electron chi connectivity index (χ4n) is 4.48. The van der Waals surface area contributed by atoms with Crippen molar-refractivity contribution in [3.63, 3.8) is 0 Å². The number of rotatable bonds is 10. The van der Waals surface area contributed by atoms with Gasteiger partial charge >= 0.3 is 5.97 Å². The monoisotopic (exact) mass is 368 g/mol. The SMILES string of the molecule is O=C(CCCCC(O)OCC1CCC2OC2C1)OCC1CCC2OC2C1. The van der Waals surface area contributed by atoms with Gasteiger partial charge in [-0.05, 0) is 69.6 Å². The molecule has 7 atom stereocenters. The molecule has 0 aromatic carbocycles. The fourth-order valence-corrected chi connectivity index (χ4v) is 4.48. The smallest absolute Gasteiger partial charge is 0.305 e. The standard InChI is InChI=1S/C20H32O6/c21-19(23-11-13-5-7-15-17(9-13)25-15)3-1-2-4-20(22)24-12-14-6-8-16-18(10-14)26-16/h13-19,21H,1-12H2. The molecule has 0 spiro atoms. The number of unbranched alkanes of at least 4 members (excludes halogenated alkanes) is 1. The molecule has 2 aliphatic carbocycles. The van der Waals surface area contributed by atoms with Gasteiger partial charge in [-0.15, -0.1) is 0 Å². The zero-order valence-electron chi connectivity index (χ0n) is 15.5. The quantitative estimate of drug-likeness (QED) is 0.276. The molecule has 2 heterocycles. The number of hydrogen-bond acceptors (Lipinski definition) is 6. The largest absolute Gasteiger partial charge is 0.465 e. The first-order valence-corrected chi connectivity index (χ1v) is 10.4. The van der Waals surface area contributed by atoms with Crippen LogP contribution in [0.4, 0.5) is 0 Å². The van der Waals surface area contributed by atoms with Crippen LogP contribution in [0, 0.1) is 11.8 Å². The molecule has 6 heteroatoms. The topological polar surface area (TPSA) is 80.8 Å². The van der Waals surface area contributed by atoms with Gasteiger partial charge in [0.25, 0.3) is 0 Å². The highest BCUT2D eigenvalue weighted by Gasteiger charge is 2.44. The minimum absolute atomic E-state index is 0.125. The van der Waals surface area contributed by atoms with E-state index >= 15 is 0 Å². The lowest BCUT2D eigenvalue weighted by molar-refractivity contribution is -0.145. The van der Waals surface area contributed by atoms with Crippen molar-refractivity contribution in [3.05, 3.63) is 0 Å². The average molecular weight is 368 g/mol. The van der Waals surface area contributed by atoms with Gasteiger partial charge in [0.2, 0.25) is 0 Å². The van der Waals surface area contributed by atoms with E-state index in [4.69, 9.17) is 18.9 Å². The lowest BCUT2D eigenvalue weighted by Crippen LogP contribution is -2.22. The normalized spacial score (nSPS) is 38.8. The zero-order valence-corrected chi connectivity index (χ0v) is 15.5. The van der Waals surface area contributed by atoms with Gasteiger partial charge in [0.1, 0.15) is 0 Å². The highest BCUT2D eigenvalue weighted by Crippen LogP contribution is 2.40. The lowest BCUT2D eigenvalue weighted by atomic mass is 9.90. The Labute approximate surface area is 155 Å². The Bertz CT molecular complexity index is 483. The van der Waals surface area contributed by atoms with Crippen LogP contribution in [0.1, 0.15) is 64.2 Å². The Morgan fingerprint density at radius 1 is 0.923 bits per heavy atom. The zero-order chi connectivity index (χ0) is 17.9. The first kappa shape index (κ1) is 18.7. The van der Waals surface area contributed by atoms with Crippen LogP contribution in [-0.4, -0.2) is 55.0 Å². The molecule has 0 bridgehead atoms. The van der Waals surface area contributed by atoms with Crippen LogP contribution in [0.15, 0.2) is 0 Å². The summed E-state index contributed by atoms with van der Waals surface area (Å²) in [7, 11) is 0. The molecular weight excluding hydrogens is 336 g/mol. The predicted octanol–water partition coefficient (Wildman–Crippen LogP) is 2.56. The molecule has 2 aliphatic heterocycles. The second-order valence-electron chi connectivity index (χ2n) is 8.50. The van der Waals surface area contributed by atoms with Crippen LogP contribution in [-0.2, 0) is 23.7 Å². The highest BCUT2D eigenvalue weighted by atomic mass is 16.6. The van der Waals surface area contributed by atoms with E-state index in [1.54, 1.807) is 0 Å². The van der Waals surface area contributed by atoms with E-state index in [-0.39, 0.29) is 5.97 Å². The number of carbonyl (C=O) groups is 1. The van der Waals surface area contributed by atoms with Crippen molar-refractivity contribution in [2.45, 2.75) is 94.9 Å². The molecule has 4 rings (SSSR count). The number of carbonyl (C=O) groups excluding carboxylic acids is 1. The molecule has 0 radical (unpaired) electrons. The molecule has 0 aromatic rings. The summed E-state index contributed by atoms with van der Waals surface area (Å²) in [6.07, 6.45) is 10.2. The minimum atomic E-state index is -0.724. The molecule has 1 N–H and O–H groups in total. The molecule has 26 heavy (non-hydrogen) atoms. The summed E-state index contributed by atoms with van der Waals surface area (Å²) in [5.74, 6) is 0.856. The van der Waals surface area contributed by atoms with E-state index < -0.39 is 6.29 Å². The van der Waals surface area contributed by atoms with Crippen LogP contribution in [0.3, 0.4) is 0 Å². The summed E-state index contributed by atoms with van der Waals surface area (Å²) in [6, 6.07) is 0. The van der Waals surface area contributed by atoms with Gasteiger partial charge in [0, 0.05) is 6.42 Å². The van der Waals surface area contributed by atoms with Gasteiger partial charge in [-0.25, -0.2) is 0 Å². The van der Waals surface area contributed by atoms with Gasteiger partial charge in [-0.1, -0.05) is 0 Å². The number of fused-ring (bicyclic) bond motifs is 2. The number of hydrogen-bond donors (Lipinski definition) is 1. The third-order valence-corrected chi connectivity index (χ3v) is 6.31. The van der Waals surface area contributed by atoms with Crippen LogP contribution in [0.25, 0.3) is 0 Å². The Morgan fingerprint density at radius 3 is 2.23 bits per heavy atom. The van der Waals surface area contributed by atoms with Crippen molar-refractivity contribution in [2.75, 3.05) is 13.2 Å². The minimum Gasteiger partial charge on any atom is -0.465 e. The van der Waals surface area contributed by atoms with Crippen LogP contribution < -0.4 is 0 Å². The van der Waals surface area contributed by atoms with Gasteiger partial charge in [-0.2, -0.15) is 0 Å². The van der Waals surface area contributed by atoms with Gasteiger partial charge < -0.3 is 24.1 Å². The predicted molar refractivity (Wildman–Crippen MR) is 93.4 cm³/mol. The molecule has 2 saturated carbocycles. The molecule has 0 aromatic heterocycles. The summed E-state index contributed by atoms with van der Waals surface area (Å²) in [6.45, 7) is 1.15. The van der Waals surface area contributed by atoms with Gasteiger partial charge in [-0.3, -0.25) is 4.79 Å². The molecule has 4 fully saturated rings. The first-order chi connectivity index (χ1) is 12.7. The van der Waals surface area contributed by atoms with E-state index in [0.29, 0.717) is 62.3 Å². The molecule has 6 nitrogen and oxygen atoms in total. The number of aliphatic hydroxyl groups excluding tert-OH is 1. The summed E-state index contributed by atoms with van der Waals surface area (Å²) in [5, 5.41) is 9.94. The fraction of sp³-hybridized carbons (Fsp3) is 0.950. The van der Waals surface area contributed by atoms with Crippen molar-refractivity contribution < 1.29 is 28.8 Å². The third-order valence-electron chi connectivity index (χ3n) is 6.31. The number of aliphatic hydroxyl groups is 1. The lowest BCUT2D eigenvalue weighted by Gasteiger charge is -2.21. The van der Waals surface area contributed by atoms with Crippen LogP contribution in [0.5, 0.6) is 0 Å². The summed E-state index contributed by atoms with van der Waals surface area (Å²) >= 11 is 0. The third kappa shape index (κ3) is 5.41. The van der Waals surface area contributed by atoms with Gasteiger partial charge in [0.05, 0.1) is 37.6 Å². The van der Waals surface area contributed by atoms with Crippen LogP contribution in [0.2, 0.25) is 0 Å². The van der Waals surface area contributed by atoms with E-state index in [0.717, 1.165) is 51.4 Å². The maximum Gasteiger partial charge on any atom is 0.305 e. The number of esters is 1. The Hall–Kier alpha value is -0.690. The maximum absolute atomic E-state index is 11.8. The van der Waals surface area contributed by atoms with Crippen molar-refractivity contribution >= 4 is 5.97 Å². The Kier molecular flexibility index (Phi) is 6.14. The highest BCUT2D eigenvalue weighted by molar-refractivity contribution is 5.69. The maximum atomic E-state index is 11.8. The summed E-state index contributed by atoms with van der Waals surface area (Å²) in [5.41, 5.74) is 0. The van der Waals surface area contributed by atoms with Crippen LogP contribution >= 0.6 is 0 Å². The van der Waals surface area contributed by atoms with Gasteiger partial charge in [0.15, 0.2) is 6.29 Å². The Morgan fingerprint density at radius 2 is 1.58 bits per heavy atom. The van der Waals surface area contributed by atoms with Crippen molar-refractivity contribution in [1.29, 1.82) is 0 Å². The van der Waals surface area contributed by atoms with E-state index in [1.165, 1.54) is 0 Å². The molecule has 2 saturated heterocycles. The van der Waals surface area contributed by atoms with E-state index in [2.05, 4.69) is 0 Å². The second kappa shape index (κ2) is 8.55. The number of ether oxygens (including phenoxy) is 4. The van der Waals surface area contributed by atoms with Crippen molar-refractivity contribution in [2.24, 2.45) is 11.8 Å². The Balaban J connectivity index is 0.987. The summed E-state index contributed by atoms with van der Waals surface area (Å²) in [4.78, 5) is 11.8. The second-order valence-corrected chi connectivity index (χ2v) is 8.50. The number of epoxide rings is 2. The van der Waals surface area contributed by atoms with Crippen molar-refractivity contribution in [1.82, 2.24) is 0 Å².